The van der Waals surface area contributed by atoms with E-state index >= 15 is 0 Å². The lowest BCUT2D eigenvalue weighted by Gasteiger charge is -2.33. The highest BCUT2D eigenvalue weighted by molar-refractivity contribution is 5.08. The molecule has 1 heterocycles. The van der Waals surface area contributed by atoms with Crippen molar-refractivity contribution in [2.24, 2.45) is 11.7 Å². The van der Waals surface area contributed by atoms with Gasteiger partial charge in [0.2, 0.25) is 0 Å². The van der Waals surface area contributed by atoms with Crippen molar-refractivity contribution in [1.82, 2.24) is 10.3 Å². The maximum Gasteiger partial charge on any atom is 0.0312 e. The van der Waals surface area contributed by atoms with Crippen LogP contribution in [0.2, 0.25) is 0 Å². The second-order valence-electron chi connectivity index (χ2n) is 4.49. The molecule has 1 unspecified atom stereocenters. The molecule has 0 spiro atoms. The number of rotatable bonds is 5. The first-order valence-electron chi connectivity index (χ1n) is 5.42. The van der Waals surface area contributed by atoms with Crippen molar-refractivity contribution in [1.29, 1.82) is 0 Å². The summed E-state index contributed by atoms with van der Waals surface area (Å²) in [7, 11) is 0. The van der Waals surface area contributed by atoms with E-state index in [0.717, 1.165) is 6.54 Å². The second kappa shape index (κ2) is 5.24. The van der Waals surface area contributed by atoms with Crippen LogP contribution in [0.3, 0.4) is 0 Å². The molecule has 1 aromatic rings. The summed E-state index contributed by atoms with van der Waals surface area (Å²) >= 11 is 0. The zero-order valence-corrected chi connectivity index (χ0v) is 9.83. The third-order valence-corrected chi connectivity index (χ3v) is 3.12. The van der Waals surface area contributed by atoms with E-state index in [1.165, 1.54) is 5.56 Å². The Hall–Kier alpha value is -0.930. The van der Waals surface area contributed by atoms with Gasteiger partial charge >= 0.3 is 0 Å². The van der Waals surface area contributed by atoms with Crippen LogP contribution in [0.4, 0.5) is 0 Å². The maximum atomic E-state index is 5.79. The van der Waals surface area contributed by atoms with E-state index in [1.54, 1.807) is 6.20 Å². The lowest BCUT2D eigenvalue weighted by molar-refractivity contribution is 0.267. The predicted octanol–water partition coefficient (Wildman–Crippen LogP) is 1.54. The fraction of sp³-hybridized carbons (Fsp3) is 0.583. The quantitative estimate of drug-likeness (QED) is 0.770. The van der Waals surface area contributed by atoms with Gasteiger partial charge in [-0.2, -0.15) is 0 Å². The van der Waals surface area contributed by atoms with Crippen LogP contribution in [0, 0.1) is 5.92 Å². The van der Waals surface area contributed by atoms with Crippen LogP contribution in [0.5, 0.6) is 0 Å². The summed E-state index contributed by atoms with van der Waals surface area (Å²) in [5.74, 6) is 0.513. The van der Waals surface area contributed by atoms with Gasteiger partial charge in [0.25, 0.3) is 0 Å². The summed E-state index contributed by atoms with van der Waals surface area (Å²) in [5.41, 5.74) is 6.98. The Labute approximate surface area is 92.1 Å². The fourth-order valence-corrected chi connectivity index (χ4v) is 1.32. The first-order valence-corrected chi connectivity index (χ1v) is 5.42. The number of nitrogens with zero attached hydrogens (tertiary/aromatic N) is 1. The van der Waals surface area contributed by atoms with Crippen molar-refractivity contribution in [2.75, 3.05) is 6.54 Å². The van der Waals surface area contributed by atoms with E-state index in [4.69, 9.17) is 5.73 Å². The van der Waals surface area contributed by atoms with Gasteiger partial charge in [0.05, 0.1) is 0 Å². The van der Waals surface area contributed by atoms with Crippen molar-refractivity contribution in [3.8, 4) is 0 Å². The minimum atomic E-state index is -0.00413. The molecule has 0 fully saturated rings. The van der Waals surface area contributed by atoms with Gasteiger partial charge in [-0.3, -0.25) is 4.98 Å². The van der Waals surface area contributed by atoms with Crippen LogP contribution in [0.25, 0.3) is 0 Å². The molecule has 15 heavy (non-hydrogen) atoms. The average Bonchev–Trinajstić information content (AvgIpc) is 2.27. The third-order valence-electron chi connectivity index (χ3n) is 3.12. The Morgan fingerprint density at radius 2 is 2.27 bits per heavy atom. The Morgan fingerprint density at radius 1 is 1.53 bits per heavy atom. The van der Waals surface area contributed by atoms with Crippen LogP contribution in [0.15, 0.2) is 24.5 Å². The Balaban J connectivity index is 2.55. The molecule has 3 nitrogen and oxygen atoms in total. The third kappa shape index (κ3) is 3.29. The molecule has 84 valence electrons. The van der Waals surface area contributed by atoms with Gasteiger partial charge in [0, 0.05) is 31.0 Å². The van der Waals surface area contributed by atoms with Gasteiger partial charge in [-0.25, -0.2) is 0 Å². The number of hydrogen-bond acceptors (Lipinski definition) is 3. The van der Waals surface area contributed by atoms with Gasteiger partial charge < -0.3 is 11.1 Å². The Bertz CT molecular complexity index is 284. The number of pyridine rings is 1. The molecule has 0 saturated heterocycles. The molecule has 1 aromatic heterocycles. The van der Waals surface area contributed by atoms with E-state index < -0.39 is 0 Å². The van der Waals surface area contributed by atoms with Crippen LogP contribution in [-0.4, -0.2) is 17.1 Å². The van der Waals surface area contributed by atoms with Crippen molar-refractivity contribution in [3.63, 3.8) is 0 Å². The van der Waals surface area contributed by atoms with Crippen molar-refractivity contribution < 1.29 is 0 Å². The van der Waals surface area contributed by atoms with Gasteiger partial charge in [-0.1, -0.05) is 19.9 Å². The smallest absolute Gasteiger partial charge is 0.0312 e. The standard InChI is InChI=1S/C12H21N3/c1-10(2)12(3,9-13)15-8-11-5-4-6-14-7-11/h4-7,10,15H,8-9,13H2,1-3H3. The van der Waals surface area contributed by atoms with E-state index in [2.05, 4.69) is 37.1 Å². The number of nitrogens with two attached hydrogens (primary N) is 1. The van der Waals surface area contributed by atoms with Crippen LogP contribution < -0.4 is 11.1 Å². The Morgan fingerprint density at radius 3 is 2.73 bits per heavy atom. The minimum absolute atomic E-state index is 0.00413. The molecule has 3 N–H and O–H groups in total. The number of hydrogen-bond donors (Lipinski definition) is 2. The highest BCUT2D eigenvalue weighted by Gasteiger charge is 2.25. The largest absolute Gasteiger partial charge is 0.329 e. The highest BCUT2D eigenvalue weighted by Crippen LogP contribution is 2.15. The fourth-order valence-electron chi connectivity index (χ4n) is 1.32. The Kier molecular flexibility index (Phi) is 4.24. The zero-order valence-electron chi connectivity index (χ0n) is 9.83. The molecule has 0 bridgehead atoms. The van der Waals surface area contributed by atoms with E-state index in [-0.39, 0.29) is 5.54 Å². The predicted molar refractivity (Wildman–Crippen MR) is 63.4 cm³/mol. The zero-order chi connectivity index (χ0) is 11.3. The second-order valence-corrected chi connectivity index (χ2v) is 4.49. The van der Waals surface area contributed by atoms with Crippen molar-refractivity contribution >= 4 is 0 Å². The first-order chi connectivity index (χ1) is 7.08. The summed E-state index contributed by atoms with van der Waals surface area (Å²) in [4.78, 5) is 4.08. The summed E-state index contributed by atoms with van der Waals surface area (Å²) in [5, 5.41) is 3.50. The molecule has 0 aromatic carbocycles. The van der Waals surface area contributed by atoms with E-state index in [9.17, 15) is 0 Å². The van der Waals surface area contributed by atoms with Gasteiger partial charge in [-0.05, 0) is 24.5 Å². The molecule has 0 aliphatic carbocycles. The van der Waals surface area contributed by atoms with Crippen LogP contribution in [0.1, 0.15) is 26.3 Å². The lowest BCUT2D eigenvalue weighted by Crippen LogP contribution is -2.52. The number of nitrogens with one attached hydrogen (secondary N) is 1. The highest BCUT2D eigenvalue weighted by atomic mass is 15.0. The molecule has 0 radical (unpaired) electrons. The molecule has 1 atom stereocenters. The van der Waals surface area contributed by atoms with E-state index in [0.29, 0.717) is 12.5 Å². The molecular formula is C12H21N3. The maximum absolute atomic E-state index is 5.79. The molecule has 3 heteroatoms. The van der Waals surface area contributed by atoms with Gasteiger partial charge in [0.1, 0.15) is 0 Å². The topological polar surface area (TPSA) is 50.9 Å². The molecule has 1 rings (SSSR count). The van der Waals surface area contributed by atoms with E-state index in [1.807, 2.05) is 12.3 Å². The van der Waals surface area contributed by atoms with Crippen LogP contribution >= 0.6 is 0 Å². The number of aromatic nitrogens is 1. The van der Waals surface area contributed by atoms with Crippen molar-refractivity contribution in [2.45, 2.75) is 32.9 Å². The molecule has 0 amide bonds. The summed E-state index contributed by atoms with van der Waals surface area (Å²) in [6.07, 6.45) is 3.67. The monoisotopic (exact) mass is 207 g/mol. The molecule has 0 aliphatic rings. The summed E-state index contributed by atoms with van der Waals surface area (Å²) < 4.78 is 0. The van der Waals surface area contributed by atoms with Gasteiger partial charge in [0.15, 0.2) is 0 Å². The first kappa shape index (κ1) is 12.1. The molecule has 0 aliphatic heterocycles. The summed E-state index contributed by atoms with van der Waals surface area (Å²) in [6, 6.07) is 4.02. The molecular weight excluding hydrogens is 186 g/mol. The van der Waals surface area contributed by atoms with Gasteiger partial charge in [-0.15, -0.1) is 0 Å². The molecule has 0 saturated carbocycles. The SMILES string of the molecule is CC(C)C(C)(CN)NCc1cccnc1. The average molecular weight is 207 g/mol. The summed E-state index contributed by atoms with van der Waals surface area (Å²) in [6.45, 7) is 7.99. The minimum Gasteiger partial charge on any atom is -0.329 e. The van der Waals surface area contributed by atoms with Crippen LogP contribution in [-0.2, 0) is 6.54 Å². The van der Waals surface area contributed by atoms with Crippen molar-refractivity contribution in [3.05, 3.63) is 30.1 Å². The normalized spacial score (nSPS) is 15.3. The lowest BCUT2D eigenvalue weighted by atomic mass is 9.88.